The number of para-hydroxylation sites is 1. The molecule has 31 heavy (non-hydrogen) atoms. The van der Waals surface area contributed by atoms with Crippen molar-refractivity contribution in [3.63, 3.8) is 0 Å². The molecule has 164 valence electrons. The number of carbonyl (C=O) groups is 2. The SMILES string of the molecule is CCCOc1ccc(/C=C2\C(=O)NN(c3ccccc3)C2=O)c(OCCCCO)c1C. The van der Waals surface area contributed by atoms with Crippen molar-refractivity contribution in [1.29, 1.82) is 0 Å². The quantitative estimate of drug-likeness (QED) is 0.347. The van der Waals surface area contributed by atoms with Crippen LogP contribution >= 0.6 is 0 Å². The number of benzene rings is 2. The first kappa shape index (κ1) is 22.4. The summed E-state index contributed by atoms with van der Waals surface area (Å²) in [6, 6.07) is 12.6. The largest absolute Gasteiger partial charge is 0.493 e. The first-order valence-corrected chi connectivity index (χ1v) is 10.5. The molecule has 0 aliphatic carbocycles. The zero-order chi connectivity index (χ0) is 22.2. The number of unbranched alkanes of at least 4 members (excludes halogenated alkanes) is 1. The first-order valence-electron chi connectivity index (χ1n) is 10.5. The summed E-state index contributed by atoms with van der Waals surface area (Å²) in [6.07, 6.45) is 3.75. The summed E-state index contributed by atoms with van der Waals surface area (Å²) < 4.78 is 11.8. The van der Waals surface area contributed by atoms with Gasteiger partial charge in [0.1, 0.15) is 17.1 Å². The molecule has 0 unspecified atom stereocenters. The number of ether oxygens (including phenoxy) is 2. The van der Waals surface area contributed by atoms with Gasteiger partial charge in [-0.15, -0.1) is 0 Å². The summed E-state index contributed by atoms with van der Waals surface area (Å²) in [7, 11) is 0. The minimum Gasteiger partial charge on any atom is -0.493 e. The highest BCUT2D eigenvalue weighted by atomic mass is 16.5. The average Bonchev–Trinajstić information content (AvgIpc) is 3.06. The van der Waals surface area contributed by atoms with Crippen molar-refractivity contribution in [2.24, 2.45) is 0 Å². The molecule has 2 aromatic rings. The monoisotopic (exact) mass is 424 g/mol. The molecule has 1 aliphatic heterocycles. The summed E-state index contributed by atoms with van der Waals surface area (Å²) in [4.78, 5) is 25.4. The van der Waals surface area contributed by atoms with E-state index >= 15 is 0 Å². The van der Waals surface area contributed by atoms with E-state index < -0.39 is 11.8 Å². The van der Waals surface area contributed by atoms with Crippen LogP contribution in [0.25, 0.3) is 6.08 Å². The maximum atomic E-state index is 12.9. The minimum absolute atomic E-state index is 0.0330. The molecule has 0 radical (unpaired) electrons. The molecule has 3 rings (SSSR count). The van der Waals surface area contributed by atoms with Crippen molar-refractivity contribution in [3.05, 3.63) is 59.2 Å². The van der Waals surface area contributed by atoms with Gasteiger partial charge in [0.2, 0.25) is 0 Å². The lowest BCUT2D eigenvalue weighted by molar-refractivity contribution is -0.117. The number of hydrazine groups is 1. The van der Waals surface area contributed by atoms with Gasteiger partial charge in [-0.25, -0.2) is 5.01 Å². The lowest BCUT2D eigenvalue weighted by atomic mass is 10.0. The fourth-order valence-corrected chi connectivity index (χ4v) is 3.23. The number of anilines is 1. The molecule has 0 spiro atoms. The Morgan fingerprint density at radius 1 is 1.03 bits per heavy atom. The number of nitrogens with zero attached hydrogens (tertiary/aromatic N) is 1. The summed E-state index contributed by atoms with van der Waals surface area (Å²) >= 11 is 0. The zero-order valence-electron chi connectivity index (χ0n) is 17.9. The highest BCUT2D eigenvalue weighted by Crippen LogP contribution is 2.34. The van der Waals surface area contributed by atoms with E-state index in [1.807, 2.05) is 26.0 Å². The number of hydrogen-bond acceptors (Lipinski definition) is 5. The smallest absolute Gasteiger partial charge is 0.282 e. The van der Waals surface area contributed by atoms with Crippen LogP contribution in [0.4, 0.5) is 5.69 Å². The molecule has 0 aromatic heterocycles. The normalized spacial score (nSPS) is 14.8. The molecule has 0 atom stereocenters. The van der Waals surface area contributed by atoms with Crippen molar-refractivity contribution >= 4 is 23.6 Å². The predicted molar refractivity (Wildman–Crippen MR) is 119 cm³/mol. The summed E-state index contributed by atoms with van der Waals surface area (Å²) in [5.74, 6) is 0.377. The second-order valence-corrected chi connectivity index (χ2v) is 7.21. The average molecular weight is 424 g/mol. The molecule has 0 bridgehead atoms. The number of nitrogens with one attached hydrogen (secondary N) is 1. The Hall–Kier alpha value is -3.32. The van der Waals surface area contributed by atoms with Crippen molar-refractivity contribution in [2.75, 3.05) is 24.8 Å². The van der Waals surface area contributed by atoms with Crippen LogP contribution < -0.4 is 19.9 Å². The lowest BCUT2D eigenvalue weighted by Crippen LogP contribution is -2.35. The number of aliphatic hydroxyl groups is 1. The fraction of sp³-hybridized carbons (Fsp3) is 0.333. The zero-order valence-corrected chi connectivity index (χ0v) is 17.9. The van der Waals surface area contributed by atoms with Gasteiger partial charge in [-0.3, -0.25) is 15.0 Å². The standard InChI is InChI=1S/C24H28N2O5/c1-3-14-30-21-12-11-18(22(17(21)2)31-15-8-7-13-27)16-20-23(28)25-26(24(20)29)19-9-5-4-6-10-19/h4-6,9-12,16,27H,3,7-8,13-15H2,1-2H3,(H,25,28)/b20-16+. The number of aliphatic hydroxyl groups excluding tert-OH is 1. The molecule has 1 heterocycles. The van der Waals surface area contributed by atoms with E-state index in [-0.39, 0.29) is 12.2 Å². The van der Waals surface area contributed by atoms with Crippen molar-refractivity contribution in [1.82, 2.24) is 5.43 Å². The number of carbonyl (C=O) groups excluding carboxylic acids is 2. The van der Waals surface area contributed by atoms with Crippen LogP contribution in [-0.4, -0.2) is 36.7 Å². The first-order chi connectivity index (χ1) is 15.1. The van der Waals surface area contributed by atoms with E-state index in [4.69, 9.17) is 14.6 Å². The number of rotatable bonds is 10. The van der Waals surface area contributed by atoms with Gasteiger partial charge < -0.3 is 14.6 Å². The van der Waals surface area contributed by atoms with Crippen molar-refractivity contribution in [3.8, 4) is 11.5 Å². The molecular weight excluding hydrogens is 396 g/mol. The van der Waals surface area contributed by atoms with Crippen LogP contribution in [0, 0.1) is 6.92 Å². The number of hydrogen-bond donors (Lipinski definition) is 2. The molecular formula is C24H28N2O5. The van der Waals surface area contributed by atoms with Crippen LogP contribution in [0.2, 0.25) is 0 Å². The molecule has 7 nitrogen and oxygen atoms in total. The Labute approximate surface area is 182 Å². The molecule has 1 aliphatic rings. The molecule has 2 amide bonds. The summed E-state index contributed by atoms with van der Waals surface area (Å²) in [5.41, 5.74) is 4.65. The van der Waals surface area contributed by atoms with Gasteiger partial charge >= 0.3 is 0 Å². The second kappa shape index (κ2) is 10.6. The molecule has 1 fully saturated rings. The maximum absolute atomic E-state index is 12.9. The van der Waals surface area contributed by atoms with Crippen LogP contribution in [0.15, 0.2) is 48.0 Å². The van der Waals surface area contributed by atoms with Crippen LogP contribution in [0.5, 0.6) is 11.5 Å². The Morgan fingerprint density at radius 3 is 2.52 bits per heavy atom. The summed E-state index contributed by atoms with van der Waals surface area (Å²) in [6.45, 7) is 5.01. The van der Waals surface area contributed by atoms with Crippen molar-refractivity contribution < 1.29 is 24.2 Å². The molecule has 0 saturated carbocycles. The van der Waals surface area contributed by atoms with E-state index in [1.165, 1.54) is 5.01 Å². The van der Waals surface area contributed by atoms with Gasteiger partial charge in [-0.1, -0.05) is 25.1 Å². The molecule has 7 heteroatoms. The third-order valence-corrected chi connectivity index (χ3v) is 4.85. The van der Waals surface area contributed by atoms with Crippen LogP contribution in [0.1, 0.15) is 37.3 Å². The van der Waals surface area contributed by atoms with E-state index in [0.717, 1.165) is 12.0 Å². The van der Waals surface area contributed by atoms with E-state index in [2.05, 4.69) is 5.43 Å². The van der Waals surface area contributed by atoms with Crippen molar-refractivity contribution in [2.45, 2.75) is 33.1 Å². The third kappa shape index (κ3) is 5.24. The van der Waals surface area contributed by atoms with E-state index in [9.17, 15) is 9.59 Å². The van der Waals surface area contributed by atoms with Gasteiger partial charge in [0.15, 0.2) is 0 Å². The van der Waals surface area contributed by atoms with Gasteiger partial charge in [0, 0.05) is 17.7 Å². The Balaban J connectivity index is 1.92. The second-order valence-electron chi connectivity index (χ2n) is 7.21. The van der Waals surface area contributed by atoms with E-state index in [0.29, 0.717) is 48.8 Å². The van der Waals surface area contributed by atoms with E-state index in [1.54, 1.807) is 36.4 Å². The Bertz CT molecular complexity index is 956. The molecule has 2 aromatic carbocycles. The fourth-order valence-electron chi connectivity index (χ4n) is 3.23. The highest BCUT2D eigenvalue weighted by molar-refractivity contribution is 6.31. The van der Waals surface area contributed by atoms with Gasteiger partial charge in [-0.2, -0.15) is 0 Å². The maximum Gasteiger partial charge on any atom is 0.282 e. The topological polar surface area (TPSA) is 88.1 Å². The Morgan fingerprint density at radius 2 is 1.81 bits per heavy atom. The number of amides is 2. The molecule has 1 saturated heterocycles. The van der Waals surface area contributed by atoms with Gasteiger partial charge in [0.25, 0.3) is 11.8 Å². The van der Waals surface area contributed by atoms with Crippen LogP contribution in [0.3, 0.4) is 0 Å². The molecule has 2 N–H and O–H groups in total. The highest BCUT2D eigenvalue weighted by Gasteiger charge is 2.34. The summed E-state index contributed by atoms with van der Waals surface area (Å²) in [5, 5.41) is 10.2. The van der Waals surface area contributed by atoms with Crippen LogP contribution in [-0.2, 0) is 9.59 Å². The lowest BCUT2D eigenvalue weighted by Gasteiger charge is -2.16. The van der Waals surface area contributed by atoms with Gasteiger partial charge in [0.05, 0.1) is 18.9 Å². The predicted octanol–water partition coefficient (Wildman–Crippen LogP) is 3.40. The third-order valence-electron chi connectivity index (χ3n) is 4.85. The van der Waals surface area contributed by atoms with Gasteiger partial charge in [-0.05, 0) is 56.5 Å². The Kier molecular flexibility index (Phi) is 7.67. The minimum atomic E-state index is -0.468.